The predicted molar refractivity (Wildman–Crippen MR) is 75.9 cm³/mol. The molecular weight excluding hydrogens is 222 g/mol. The summed E-state index contributed by atoms with van der Waals surface area (Å²) in [5.41, 5.74) is 1.56. The van der Waals surface area contributed by atoms with Crippen LogP contribution in [-0.2, 0) is 6.42 Å². The van der Waals surface area contributed by atoms with E-state index in [4.69, 9.17) is 0 Å². The number of hydrogen-bond donors (Lipinski definition) is 1. The lowest BCUT2D eigenvalue weighted by molar-refractivity contribution is 0.117. The number of nitrogens with zero attached hydrogens (tertiary/aromatic N) is 1. The van der Waals surface area contributed by atoms with Crippen molar-refractivity contribution in [1.82, 2.24) is 4.90 Å². The van der Waals surface area contributed by atoms with Gasteiger partial charge in [0.15, 0.2) is 0 Å². The van der Waals surface area contributed by atoms with Crippen LogP contribution in [0.25, 0.3) is 0 Å². The highest BCUT2D eigenvalue weighted by Crippen LogP contribution is 2.28. The lowest BCUT2D eigenvalue weighted by atomic mass is 9.84. The molecule has 18 heavy (non-hydrogen) atoms. The van der Waals surface area contributed by atoms with Gasteiger partial charge in [0, 0.05) is 6.54 Å². The highest BCUT2D eigenvalue weighted by Gasteiger charge is 2.25. The van der Waals surface area contributed by atoms with E-state index in [2.05, 4.69) is 18.7 Å². The average Bonchev–Trinajstić information content (AvgIpc) is 2.30. The number of rotatable bonds is 4. The molecule has 0 amide bonds. The number of piperidine rings is 1. The van der Waals surface area contributed by atoms with Gasteiger partial charge in [-0.25, -0.2) is 0 Å². The van der Waals surface area contributed by atoms with Gasteiger partial charge >= 0.3 is 0 Å². The van der Waals surface area contributed by atoms with E-state index in [0.29, 0.717) is 11.2 Å². The number of benzene rings is 1. The summed E-state index contributed by atoms with van der Waals surface area (Å²) in [6.45, 7) is 8.33. The molecular formula is C16H25NO. The highest BCUT2D eigenvalue weighted by atomic mass is 16.3. The molecule has 2 nitrogen and oxygen atoms in total. The van der Waals surface area contributed by atoms with Crippen molar-refractivity contribution in [2.45, 2.75) is 39.5 Å². The van der Waals surface area contributed by atoms with E-state index in [1.54, 1.807) is 6.07 Å². The van der Waals surface area contributed by atoms with Gasteiger partial charge in [0.2, 0.25) is 0 Å². The Morgan fingerprint density at radius 3 is 2.78 bits per heavy atom. The molecule has 0 bridgehead atoms. The van der Waals surface area contributed by atoms with Crippen molar-refractivity contribution in [2.75, 3.05) is 19.6 Å². The minimum Gasteiger partial charge on any atom is -0.508 e. The molecule has 2 rings (SSSR count). The molecule has 1 aromatic rings. The molecule has 0 radical (unpaired) electrons. The summed E-state index contributed by atoms with van der Waals surface area (Å²) in [7, 11) is 0. The molecule has 1 N–H and O–H groups in total. The van der Waals surface area contributed by atoms with Gasteiger partial charge in [-0.2, -0.15) is 0 Å². The molecule has 0 aliphatic carbocycles. The van der Waals surface area contributed by atoms with Gasteiger partial charge in [-0.1, -0.05) is 32.0 Å². The van der Waals surface area contributed by atoms with Crippen molar-refractivity contribution >= 4 is 0 Å². The average molecular weight is 247 g/mol. The molecule has 100 valence electrons. The SMILES string of the molecule is CC1(C)CCCN(CCCc2ccccc2O)C1. The Bertz CT molecular complexity index is 386. The van der Waals surface area contributed by atoms with Crippen molar-refractivity contribution in [2.24, 2.45) is 5.41 Å². The lowest BCUT2D eigenvalue weighted by Gasteiger charge is -2.38. The minimum absolute atomic E-state index is 0.441. The summed E-state index contributed by atoms with van der Waals surface area (Å²) in [6.07, 6.45) is 4.78. The predicted octanol–water partition coefficient (Wildman–Crippen LogP) is 3.45. The van der Waals surface area contributed by atoms with Gasteiger partial charge in [-0.15, -0.1) is 0 Å². The van der Waals surface area contributed by atoms with E-state index in [1.165, 1.54) is 25.9 Å². The first kappa shape index (κ1) is 13.4. The number of hydrogen-bond acceptors (Lipinski definition) is 2. The fourth-order valence-electron chi connectivity index (χ4n) is 2.95. The fraction of sp³-hybridized carbons (Fsp3) is 0.625. The molecule has 1 fully saturated rings. The third kappa shape index (κ3) is 3.74. The zero-order chi connectivity index (χ0) is 13.0. The molecule has 0 unspecified atom stereocenters. The van der Waals surface area contributed by atoms with E-state index < -0.39 is 0 Å². The molecule has 1 heterocycles. The van der Waals surface area contributed by atoms with Crippen LogP contribution in [0, 0.1) is 5.41 Å². The number of likely N-dealkylation sites (tertiary alicyclic amines) is 1. The van der Waals surface area contributed by atoms with Crippen LogP contribution < -0.4 is 0 Å². The molecule has 0 atom stereocenters. The largest absolute Gasteiger partial charge is 0.508 e. The molecule has 1 saturated heterocycles. The standard InChI is InChI=1S/C16H25NO/c1-16(2)10-6-12-17(13-16)11-5-8-14-7-3-4-9-15(14)18/h3-4,7,9,18H,5-6,8,10-13H2,1-2H3. The third-order valence-electron chi connectivity index (χ3n) is 3.89. The Hall–Kier alpha value is -1.02. The number of para-hydroxylation sites is 1. The van der Waals surface area contributed by atoms with Crippen LogP contribution >= 0.6 is 0 Å². The lowest BCUT2D eigenvalue weighted by Crippen LogP contribution is -2.40. The second kappa shape index (κ2) is 5.75. The summed E-state index contributed by atoms with van der Waals surface area (Å²) < 4.78 is 0. The normalized spacial score (nSPS) is 19.9. The highest BCUT2D eigenvalue weighted by molar-refractivity contribution is 5.31. The smallest absolute Gasteiger partial charge is 0.118 e. The van der Waals surface area contributed by atoms with E-state index in [9.17, 15) is 5.11 Å². The Balaban J connectivity index is 1.77. The maximum absolute atomic E-state index is 9.72. The van der Waals surface area contributed by atoms with Crippen LogP contribution in [0.5, 0.6) is 5.75 Å². The van der Waals surface area contributed by atoms with E-state index in [-0.39, 0.29) is 0 Å². The maximum atomic E-state index is 9.72. The van der Waals surface area contributed by atoms with E-state index in [1.807, 2.05) is 18.2 Å². The van der Waals surface area contributed by atoms with Crippen molar-refractivity contribution < 1.29 is 5.11 Å². The van der Waals surface area contributed by atoms with Crippen molar-refractivity contribution in [3.05, 3.63) is 29.8 Å². The first-order chi connectivity index (χ1) is 8.57. The Kier molecular flexibility index (Phi) is 4.28. The summed E-state index contributed by atoms with van der Waals surface area (Å²) in [6, 6.07) is 7.68. The van der Waals surface area contributed by atoms with Gasteiger partial charge in [0.25, 0.3) is 0 Å². The van der Waals surface area contributed by atoms with Crippen LogP contribution in [0.3, 0.4) is 0 Å². The Labute approximate surface area is 111 Å². The van der Waals surface area contributed by atoms with Crippen molar-refractivity contribution in [1.29, 1.82) is 0 Å². The van der Waals surface area contributed by atoms with Crippen LogP contribution in [0.4, 0.5) is 0 Å². The molecule has 0 spiro atoms. The van der Waals surface area contributed by atoms with E-state index >= 15 is 0 Å². The van der Waals surface area contributed by atoms with Crippen LogP contribution in [0.1, 0.15) is 38.7 Å². The summed E-state index contributed by atoms with van der Waals surface area (Å²) in [5, 5.41) is 9.72. The van der Waals surface area contributed by atoms with Crippen LogP contribution in [0.2, 0.25) is 0 Å². The minimum atomic E-state index is 0.441. The zero-order valence-electron chi connectivity index (χ0n) is 11.7. The van der Waals surface area contributed by atoms with Crippen LogP contribution in [-0.4, -0.2) is 29.6 Å². The first-order valence-electron chi connectivity index (χ1n) is 7.06. The molecule has 0 saturated carbocycles. The zero-order valence-corrected chi connectivity index (χ0v) is 11.7. The number of aromatic hydroxyl groups is 1. The van der Waals surface area contributed by atoms with Crippen molar-refractivity contribution in [3.8, 4) is 5.75 Å². The third-order valence-corrected chi connectivity index (χ3v) is 3.89. The second-order valence-electron chi connectivity index (χ2n) is 6.28. The van der Waals surface area contributed by atoms with Crippen LogP contribution in [0.15, 0.2) is 24.3 Å². The van der Waals surface area contributed by atoms with Gasteiger partial charge < -0.3 is 10.0 Å². The first-order valence-corrected chi connectivity index (χ1v) is 7.06. The Morgan fingerprint density at radius 1 is 1.28 bits per heavy atom. The van der Waals surface area contributed by atoms with Gasteiger partial charge in [-0.05, 0) is 55.8 Å². The molecule has 1 aromatic carbocycles. The van der Waals surface area contributed by atoms with Gasteiger partial charge in [0.05, 0.1) is 0 Å². The molecule has 2 heteroatoms. The summed E-state index contributed by atoms with van der Waals surface area (Å²) in [4.78, 5) is 2.57. The number of aryl methyl sites for hydroxylation is 1. The monoisotopic (exact) mass is 247 g/mol. The molecule has 0 aromatic heterocycles. The second-order valence-corrected chi connectivity index (χ2v) is 6.28. The Morgan fingerprint density at radius 2 is 2.06 bits per heavy atom. The molecule has 1 aliphatic heterocycles. The van der Waals surface area contributed by atoms with Gasteiger partial charge in [-0.3, -0.25) is 0 Å². The van der Waals surface area contributed by atoms with Crippen molar-refractivity contribution in [3.63, 3.8) is 0 Å². The van der Waals surface area contributed by atoms with Gasteiger partial charge in [0.1, 0.15) is 5.75 Å². The topological polar surface area (TPSA) is 23.5 Å². The number of phenols is 1. The summed E-state index contributed by atoms with van der Waals surface area (Å²) in [5.74, 6) is 0.441. The fourth-order valence-corrected chi connectivity index (χ4v) is 2.95. The summed E-state index contributed by atoms with van der Waals surface area (Å²) >= 11 is 0. The van der Waals surface area contributed by atoms with E-state index in [0.717, 1.165) is 24.9 Å². The maximum Gasteiger partial charge on any atom is 0.118 e. The number of phenolic OH excluding ortho intramolecular Hbond substituents is 1. The quantitative estimate of drug-likeness (QED) is 0.881. The molecule has 1 aliphatic rings.